The summed E-state index contributed by atoms with van der Waals surface area (Å²) in [6.07, 6.45) is 2.72. The monoisotopic (exact) mass is 218 g/mol. The maximum Gasteiger partial charge on any atom is 0.0363 e. The predicted molar refractivity (Wildman–Crippen MR) is 70.6 cm³/mol. The molecule has 1 aliphatic rings. The fourth-order valence-corrected chi connectivity index (χ4v) is 2.31. The second kappa shape index (κ2) is 4.00. The number of hydrogen-bond acceptors (Lipinski definition) is 2. The summed E-state index contributed by atoms with van der Waals surface area (Å²) in [6, 6.07) is 6.18. The summed E-state index contributed by atoms with van der Waals surface area (Å²) in [4.78, 5) is 0. The molecule has 1 saturated carbocycles. The first-order chi connectivity index (χ1) is 7.52. The highest BCUT2D eigenvalue weighted by molar-refractivity contribution is 5.56. The Balaban J connectivity index is 2.00. The molecule has 0 saturated heterocycles. The number of rotatable bonds is 4. The molecule has 1 aromatic carbocycles. The maximum atomic E-state index is 5.83. The summed E-state index contributed by atoms with van der Waals surface area (Å²) in [6.45, 7) is 7.79. The van der Waals surface area contributed by atoms with Crippen molar-refractivity contribution in [3.8, 4) is 0 Å². The number of benzene rings is 1. The van der Waals surface area contributed by atoms with Gasteiger partial charge in [0.15, 0.2) is 0 Å². The van der Waals surface area contributed by atoms with Crippen molar-refractivity contribution in [3.05, 3.63) is 23.8 Å². The van der Waals surface area contributed by atoms with Gasteiger partial charge in [-0.05, 0) is 54.9 Å². The molecule has 88 valence electrons. The van der Waals surface area contributed by atoms with E-state index in [2.05, 4.69) is 32.2 Å². The number of hydrogen-bond donors (Lipinski definition) is 2. The van der Waals surface area contributed by atoms with Crippen LogP contribution >= 0.6 is 0 Å². The Morgan fingerprint density at radius 2 is 2.00 bits per heavy atom. The van der Waals surface area contributed by atoms with Crippen molar-refractivity contribution in [1.29, 1.82) is 0 Å². The summed E-state index contributed by atoms with van der Waals surface area (Å²) in [5.74, 6) is 0.766. The quantitative estimate of drug-likeness (QED) is 0.760. The molecular weight excluding hydrogens is 196 g/mol. The van der Waals surface area contributed by atoms with E-state index in [1.54, 1.807) is 0 Å². The summed E-state index contributed by atoms with van der Waals surface area (Å²) in [7, 11) is 0. The fourth-order valence-electron chi connectivity index (χ4n) is 2.31. The molecule has 0 bridgehead atoms. The molecule has 1 aliphatic carbocycles. The standard InChI is InChI=1S/C14H22N2/c1-10(2)14(4-5-14)9-16-13-7-11(3)6-12(15)8-13/h6-8,10,16H,4-5,9,15H2,1-3H3. The number of nitrogens with one attached hydrogen (secondary N) is 1. The summed E-state index contributed by atoms with van der Waals surface area (Å²) >= 11 is 0. The van der Waals surface area contributed by atoms with E-state index in [1.165, 1.54) is 18.4 Å². The molecule has 2 nitrogen and oxygen atoms in total. The van der Waals surface area contributed by atoms with Crippen LogP contribution in [-0.2, 0) is 0 Å². The van der Waals surface area contributed by atoms with Crippen molar-refractivity contribution in [1.82, 2.24) is 0 Å². The van der Waals surface area contributed by atoms with Crippen molar-refractivity contribution < 1.29 is 0 Å². The lowest BCUT2D eigenvalue weighted by Gasteiger charge is -2.21. The van der Waals surface area contributed by atoms with E-state index in [0.29, 0.717) is 5.41 Å². The van der Waals surface area contributed by atoms with Gasteiger partial charge >= 0.3 is 0 Å². The van der Waals surface area contributed by atoms with Gasteiger partial charge in [0.1, 0.15) is 0 Å². The van der Waals surface area contributed by atoms with Crippen LogP contribution < -0.4 is 11.1 Å². The number of aryl methyl sites for hydroxylation is 1. The largest absolute Gasteiger partial charge is 0.399 e. The average Bonchev–Trinajstić information content (AvgIpc) is 2.94. The maximum absolute atomic E-state index is 5.83. The van der Waals surface area contributed by atoms with E-state index in [0.717, 1.165) is 23.8 Å². The third-order valence-electron chi connectivity index (χ3n) is 3.86. The van der Waals surface area contributed by atoms with Crippen LogP contribution in [0.5, 0.6) is 0 Å². The molecule has 1 aromatic rings. The van der Waals surface area contributed by atoms with Crippen molar-refractivity contribution in [2.45, 2.75) is 33.6 Å². The fraction of sp³-hybridized carbons (Fsp3) is 0.571. The van der Waals surface area contributed by atoms with Gasteiger partial charge in [0.05, 0.1) is 0 Å². The van der Waals surface area contributed by atoms with Crippen molar-refractivity contribution in [2.24, 2.45) is 11.3 Å². The van der Waals surface area contributed by atoms with Crippen LogP contribution in [0, 0.1) is 18.3 Å². The van der Waals surface area contributed by atoms with Crippen molar-refractivity contribution in [2.75, 3.05) is 17.6 Å². The summed E-state index contributed by atoms with van der Waals surface area (Å²) in [5, 5.41) is 3.53. The normalized spacial score (nSPS) is 17.5. The summed E-state index contributed by atoms with van der Waals surface area (Å²) in [5.41, 5.74) is 9.59. The van der Waals surface area contributed by atoms with Crippen LogP contribution in [0.2, 0.25) is 0 Å². The third-order valence-corrected chi connectivity index (χ3v) is 3.86. The molecule has 1 fully saturated rings. The van der Waals surface area contributed by atoms with Gasteiger partial charge in [0, 0.05) is 17.9 Å². The second-order valence-corrected chi connectivity index (χ2v) is 5.50. The molecule has 0 aromatic heterocycles. The Hall–Kier alpha value is -1.18. The number of nitrogens with two attached hydrogens (primary N) is 1. The van der Waals surface area contributed by atoms with Crippen LogP contribution in [-0.4, -0.2) is 6.54 Å². The first kappa shape index (κ1) is 11.3. The molecule has 0 atom stereocenters. The number of anilines is 2. The van der Waals surface area contributed by atoms with E-state index in [-0.39, 0.29) is 0 Å². The Morgan fingerprint density at radius 3 is 2.50 bits per heavy atom. The smallest absolute Gasteiger partial charge is 0.0363 e. The van der Waals surface area contributed by atoms with Crippen LogP contribution in [0.1, 0.15) is 32.3 Å². The van der Waals surface area contributed by atoms with E-state index < -0.39 is 0 Å². The van der Waals surface area contributed by atoms with E-state index in [9.17, 15) is 0 Å². The van der Waals surface area contributed by atoms with Gasteiger partial charge in [-0.3, -0.25) is 0 Å². The van der Waals surface area contributed by atoms with Crippen LogP contribution in [0.4, 0.5) is 11.4 Å². The van der Waals surface area contributed by atoms with E-state index in [1.807, 2.05) is 12.1 Å². The number of nitrogen functional groups attached to an aromatic ring is 1. The molecule has 0 spiro atoms. The van der Waals surface area contributed by atoms with Gasteiger partial charge < -0.3 is 11.1 Å². The lowest BCUT2D eigenvalue weighted by molar-refractivity contribution is 0.380. The van der Waals surface area contributed by atoms with Gasteiger partial charge in [-0.15, -0.1) is 0 Å². The van der Waals surface area contributed by atoms with Gasteiger partial charge in [-0.25, -0.2) is 0 Å². The topological polar surface area (TPSA) is 38.0 Å². The second-order valence-electron chi connectivity index (χ2n) is 5.50. The third kappa shape index (κ3) is 2.31. The minimum atomic E-state index is 0.540. The zero-order valence-corrected chi connectivity index (χ0v) is 10.5. The van der Waals surface area contributed by atoms with Crippen LogP contribution in [0.3, 0.4) is 0 Å². The molecule has 0 heterocycles. The molecule has 16 heavy (non-hydrogen) atoms. The molecule has 0 unspecified atom stereocenters. The minimum Gasteiger partial charge on any atom is -0.399 e. The van der Waals surface area contributed by atoms with Gasteiger partial charge in [0.25, 0.3) is 0 Å². The Morgan fingerprint density at radius 1 is 1.31 bits per heavy atom. The molecular formula is C14H22N2. The molecule has 0 amide bonds. The Bertz CT molecular complexity index is 358. The average molecular weight is 218 g/mol. The first-order valence-corrected chi connectivity index (χ1v) is 6.13. The molecule has 2 rings (SSSR count). The lowest BCUT2D eigenvalue weighted by atomic mass is 9.92. The highest BCUT2D eigenvalue weighted by Crippen LogP contribution is 2.51. The van der Waals surface area contributed by atoms with Crippen molar-refractivity contribution >= 4 is 11.4 Å². The van der Waals surface area contributed by atoms with Gasteiger partial charge in [-0.1, -0.05) is 13.8 Å². The first-order valence-electron chi connectivity index (χ1n) is 6.13. The highest BCUT2D eigenvalue weighted by atomic mass is 14.9. The van der Waals surface area contributed by atoms with E-state index >= 15 is 0 Å². The molecule has 0 radical (unpaired) electrons. The zero-order chi connectivity index (χ0) is 11.8. The zero-order valence-electron chi connectivity index (χ0n) is 10.5. The van der Waals surface area contributed by atoms with Crippen LogP contribution in [0.15, 0.2) is 18.2 Å². The minimum absolute atomic E-state index is 0.540. The predicted octanol–water partition coefficient (Wildman–Crippen LogP) is 3.43. The van der Waals surface area contributed by atoms with Gasteiger partial charge in [0.2, 0.25) is 0 Å². The molecule has 3 N–H and O–H groups in total. The SMILES string of the molecule is Cc1cc(N)cc(NCC2(C(C)C)CC2)c1. The Kier molecular flexibility index (Phi) is 2.83. The molecule has 0 aliphatic heterocycles. The van der Waals surface area contributed by atoms with Crippen LogP contribution in [0.25, 0.3) is 0 Å². The van der Waals surface area contributed by atoms with E-state index in [4.69, 9.17) is 5.73 Å². The Labute approximate surface area is 98.2 Å². The highest BCUT2D eigenvalue weighted by Gasteiger charge is 2.44. The van der Waals surface area contributed by atoms with Gasteiger partial charge in [-0.2, -0.15) is 0 Å². The van der Waals surface area contributed by atoms with Crippen molar-refractivity contribution in [3.63, 3.8) is 0 Å². The summed E-state index contributed by atoms with van der Waals surface area (Å²) < 4.78 is 0. The molecule has 2 heteroatoms. The lowest BCUT2D eigenvalue weighted by Crippen LogP contribution is -2.20.